The van der Waals surface area contributed by atoms with Crippen LogP contribution in [0.15, 0.2) is 0 Å². The van der Waals surface area contributed by atoms with Crippen LogP contribution in [0.1, 0.15) is 0 Å². The summed E-state index contributed by atoms with van der Waals surface area (Å²) in [5.41, 5.74) is 0. The summed E-state index contributed by atoms with van der Waals surface area (Å²) in [6.07, 6.45) is 0. The van der Waals surface area contributed by atoms with Crippen molar-refractivity contribution in [2.75, 3.05) is 0 Å². The predicted molar refractivity (Wildman–Crippen MR) is 19.9 cm³/mol. The summed E-state index contributed by atoms with van der Waals surface area (Å²) in [5.74, 6) is 0. The summed E-state index contributed by atoms with van der Waals surface area (Å²) in [6.45, 7) is 0. The molecule has 0 heterocycles. The van der Waals surface area contributed by atoms with Gasteiger partial charge in [0, 0.05) is 44.8 Å². The summed E-state index contributed by atoms with van der Waals surface area (Å²) in [5, 5.41) is 0. The third-order valence-electron chi connectivity index (χ3n) is 0. The van der Waals surface area contributed by atoms with E-state index in [1.54, 1.807) is 0 Å². The van der Waals surface area contributed by atoms with Gasteiger partial charge in [-0.05, 0) is 0 Å². The fourth-order valence-corrected chi connectivity index (χ4v) is 0. The van der Waals surface area contributed by atoms with E-state index < -0.39 is 0 Å². The van der Waals surface area contributed by atoms with E-state index in [1.165, 1.54) is 0 Å². The smallest absolute Gasteiger partial charge is 0 e. The van der Waals surface area contributed by atoms with Gasteiger partial charge >= 0.3 is 0 Å². The van der Waals surface area contributed by atoms with Gasteiger partial charge < -0.3 is 0 Å². The summed E-state index contributed by atoms with van der Waals surface area (Å²) < 4.78 is 0. The van der Waals surface area contributed by atoms with Gasteiger partial charge in [0.05, 0.1) is 0 Å². The van der Waals surface area contributed by atoms with E-state index in [9.17, 15) is 0 Å². The number of hydrogen-bond donors (Lipinski definition) is 0. The third-order valence-corrected chi connectivity index (χ3v) is 0. The predicted octanol–water partition coefficient (Wildman–Crippen LogP) is -2.37. The van der Waals surface area contributed by atoms with Crippen molar-refractivity contribution >= 4 is 34.7 Å². The van der Waals surface area contributed by atoms with Gasteiger partial charge in [-0.15, -0.1) is 0 Å². The molecule has 0 spiro atoms. The quantitative estimate of drug-likeness (QED) is 0.434. The van der Waals surface area contributed by atoms with Crippen molar-refractivity contribution < 1.29 is 44.8 Å². The molecule has 0 saturated heterocycles. The molecule has 0 bridgehead atoms. The molecule has 0 atom stereocenters. The van der Waals surface area contributed by atoms with Crippen molar-refractivity contribution in [3.63, 3.8) is 0 Å². The Hall–Kier alpha value is 2.55. The fraction of sp³-hybridized carbons (Fsp3) is 0. The molecule has 34 valence electrons. The molecule has 0 aliphatic carbocycles. The van der Waals surface area contributed by atoms with Crippen molar-refractivity contribution in [1.29, 1.82) is 0 Å². The van der Waals surface area contributed by atoms with Crippen LogP contribution in [0.5, 0.6) is 0 Å². The van der Waals surface area contributed by atoms with E-state index in [2.05, 4.69) is 0 Å². The minimum absolute atomic E-state index is 0. The molecule has 0 aromatic heterocycles. The van der Waals surface area contributed by atoms with Crippen LogP contribution in [-0.2, 0) is 44.8 Å². The van der Waals surface area contributed by atoms with Gasteiger partial charge in [-0.25, -0.2) is 0 Å². The molecule has 0 aromatic carbocycles. The number of hydrogen-bond acceptors (Lipinski definition) is 0. The van der Waals surface area contributed by atoms with Gasteiger partial charge in [0.25, 0.3) is 0 Å². The standard InChI is InChI=1S/2Ag.2Al.6H. The SMILES string of the molecule is [Ag].[Ag].[AlH3].[AlH3]. The molecular weight excluding hydrogens is 270 g/mol. The van der Waals surface area contributed by atoms with Crippen LogP contribution in [0.3, 0.4) is 0 Å². The average molecular weight is 276 g/mol. The molecule has 0 unspecified atom stereocenters. The summed E-state index contributed by atoms with van der Waals surface area (Å²) in [4.78, 5) is 0. The molecule has 0 amide bonds. The summed E-state index contributed by atoms with van der Waals surface area (Å²) in [6, 6.07) is 0. The second kappa shape index (κ2) is 17.7. The Kier molecular flexibility index (Phi) is 137. The van der Waals surface area contributed by atoms with Crippen LogP contribution < -0.4 is 0 Å². The van der Waals surface area contributed by atoms with Gasteiger partial charge in [0.2, 0.25) is 0 Å². The van der Waals surface area contributed by atoms with Crippen molar-refractivity contribution in [3.05, 3.63) is 0 Å². The van der Waals surface area contributed by atoms with Crippen molar-refractivity contribution in [3.8, 4) is 0 Å². The maximum Gasteiger partial charge on any atom is 0.187 e. The van der Waals surface area contributed by atoms with E-state index in [1.807, 2.05) is 0 Å². The van der Waals surface area contributed by atoms with Gasteiger partial charge in [-0.2, -0.15) is 0 Å². The van der Waals surface area contributed by atoms with E-state index in [0.717, 1.165) is 0 Å². The topological polar surface area (TPSA) is 0 Å². The van der Waals surface area contributed by atoms with Crippen molar-refractivity contribution in [2.24, 2.45) is 0 Å². The Labute approximate surface area is 78.4 Å². The molecule has 4 heteroatoms. The Balaban J connectivity index is 0. The monoisotopic (exact) mass is 274 g/mol. The first kappa shape index (κ1) is 31.1. The summed E-state index contributed by atoms with van der Waals surface area (Å²) in [7, 11) is 0. The van der Waals surface area contributed by atoms with Crippen LogP contribution in [0.4, 0.5) is 0 Å². The first-order valence-electron chi connectivity index (χ1n) is 0. The minimum atomic E-state index is 0. The number of rotatable bonds is 0. The van der Waals surface area contributed by atoms with Crippen LogP contribution in [-0.4, -0.2) is 34.7 Å². The average Bonchev–Trinajstić information content (AvgIpc) is 0. The van der Waals surface area contributed by atoms with E-state index >= 15 is 0 Å². The van der Waals surface area contributed by atoms with Crippen LogP contribution in [0.2, 0.25) is 0 Å². The molecule has 0 aromatic rings. The molecular formula is H6Ag2Al2. The molecule has 4 heavy (non-hydrogen) atoms. The van der Waals surface area contributed by atoms with Crippen molar-refractivity contribution in [2.45, 2.75) is 0 Å². The van der Waals surface area contributed by atoms with Crippen LogP contribution in [0, 0.1) is 0 Å². The molecule has 0 N–H and O–H groups in total. The van der Waals surface area contributed by atoms with Crippen LogP contribution >= 0.6 is 0 Å². The van der Waals surface area contributed by atoms with E-state index in [-0.39, 0.29) is 79.5 Å². The molecule has 0 fully saturated rings. The molecule has 0 saturated carbocycles. The maximum absolute atomic E-state index is 0. The summed E-state index contributed by atoms with van der Waals surface area (Å²) >= 11 is 0. The zero-order valence-corrected chi connectivity index (χ0v) is 3.57. The van der Waals surface area contributed by atoms with Gasteiger partial charge in [-0.3, -0.25) is 0 Å². The van der Waals surface area contributed by atoms with Crippen LogP contribution in [0.25, 0.3) is 0 Å². The molecule has 0 rings (SSSR count). The zero-order valence-electron chi connectivity index (χ0n) is 0.603. The molecule has 0 nitrogen and oxygen atoms in total. The van der Waals surface area contributed by atoms with E-state index in [4.69, 9.17) is 0 Å². The van der Waals surface area contributed by atoms with Gasteiger partial charge in [0.1, 0.15) is 0 Å². The van der Waals surface area contributed by atoms with E-state index in [0.29, 0.717) is 0 Å². The Morgan fingerprint density at radius 3 is 0.500 bits per heavy atom. The second-order valence-corrected chi connectivity index (χ2v) is 0. The minimum Gasteiger partial charge on any atom is 0 e. The Morgan fingerprint density at radius 1 is 0.500 bits per heavy atom. The van der Waals surface area contributed by atoms with Gasteiger partial charge in [-0.1, -0.05) is 0 Å². The molecule has 0 aliphatic heterocycles. The second-order valence-electron chi connectivity index (χ2n) is 0. The molecule has 0 aliphatic rings. The zero-order chi connectivity index (χ0) is 0. The normalized spacial score (nSPS) is 0. The third kappa shape index (κ3) is 8.82. The maximum atomic E-state index is 0. The largest absolute Gasteiger partial charge is 0.187 e. The Morgan fingerprint density at radius 2 is 0.500 bits per heavy atom. The van der Waals surface area contributed by atoms with Gasteiger partial charge in [0.15, 0.2) is 34.7 Å². The molecule has 2 radical (unpaired) electrons. The first-order valence-corrected chi connectivity index (χ1v) is 0. The first-order chi connectivity index (χ1) is 0. The fourth-order valence-electron chi connectivity index (χ4n) is 0. The Bertz CT molecular complexity index is 4.00. The van der Waals surface area contributed by atoms with Crippen molar-refractivity contribution in [1.82, 2.24) is 0 Å².